The van der Waals surface area contributed by atoms with Crippen LogP contribution < -0.4 is 5.84 Å². The van der Waals surface area contributed by atoms with Crippen LogP contribution >= 0.6 is 11.8 Å². The third kappa shape index (κ3) is 3.41. The van der Waals surface area contributed by atoms with Gasteiger partial charge in [0, 0.05) is 13.1 Å². The number of thioether (sulfide) groups is 1. The van der Waals surface area contributed by atoms with Crippen molar-refractivity contribution in [2.75, 3.05) is 24.7 Å². The zero-order valence-electron chi connectivity index (χ0n) is 13.9. The van der Waals surface area contributed by atoms with Crippen molar-refractivity contribution in [3.8, 4) is 11.4 Å². The van der Waals surface area contributed by atoms with Gasteiger partial charge < -0.3 is 19.9 Å². The molecule has 9 heteroatoms. The molecule has 130 valence electrons. The van der Waals surface area contributed by atoms with E-state index in [9.17, 15) is 4.79 Å². The molecule has 3 heterocycles. The van der Waals surface area contributed by atoms with E-state index in [2.05, 4.69) is 10.2 Å². The Balaban J connectivity index is 1.64. The van der Waals surface area contributed by atoms with Crippen LogP contribution in [-0.2, 0) is 9.53 Å². The van der Waals surface area contributed by atoms with Gasteiger partial charge in [0.2, 0.25) is 11.1 Å². The average Bonchev–Trinajstić information content (AvgIpc) is 3.09. The number of hydrogen-bond acceptors (Lipinski definition) is 7. The number of nitrogens with zero attached hydrogens (tertiary/aromatic N) is 4. The van der Waals surface area contributed by atoms with Crippen LogP contribution in [0, 0.1) is 6.92 Å². The Kier molecular flexibility index (Phi) is 4.81. The standard InChI is InChI=1S/C15H21N5O3S/c1-9-6-19(7-10(2)23-9)13(21)8-24-15-18-17-14(20(15)16)12-4-5-22-11(12)3/h4-5,9-10H,6-8,16H2,1-3H3/t9-,10-/m0/s1. The van der Waals surface area contributed by atoms with Gasteiger partial charge in [-0.2, -0.15) is 0 Å². The van der Waals surface area contributed by atoms with Crippen molar-refractivity contribution in [2.24, 2.45) is 0 Å². The van der Waals surface area contributed by atoms with Gasteiger partial charge in [-0.15, -0.1) is 10.2 Å². The maximum atomic E-state index is 12.4. The van der Waals surface area contributed by atoms with E-state index in [1.165, 1.54) is 16.4 Å². The summed E-state index contributed by atoms with van der Waals surface area (Å²) in [5, 5.41) is 8.66. The van der Waals surface area contributed by atoms with E-state index < -0.39 is 0 Å². The number of nitrogens with two attached hydrogens (primary N) is 1. The summed E-state index contributed by atoms with van der Waals surface area (Å²) in [5.74, 6) is 7.61. The quantitative estimate of drug-likeness (QED) is 0.654. The van der Waals surface area contributed by atoms with Crippen LogP contribution in [0.25, 0.3) is 11.4 Å². The van der Waals surface area contributed by atoms with Gasteiger partial charge in [0.1, 0.15) is 5.76 Å². The van der Waals surface area contributed by atoms with Gasteiger partial charge in [0.15, 0.2) is 5.82 Å². The molecule has 0 bridgehead atoms. The predicted octanol–water partition coefficient (Wildman–Crippen LogP) is 1.29. The second-order valence-electron chi connectivity index (χ2n) is 5.91. The van der Waals surface area contributed by atoms with Crippen molar-refractivity contribution in [1.29, 1.82) is 0 Å². The lowest BCUT2D eigenvalue weighted by atomic mass is 10.2. The fourth-order valence-electron chi connectivity index (χ4n) is 2.78. The number of aryl methyl sites for hydroxylation is 1. The number of furan rings is 1. The summed E-state index contributed by atoms with van der Waals surface area (Å²) in [4.78, 5) is 14.2. The number of carbonyl (C=O) groups excluding carboxylic acids is 1. The molecule has 2 N–H and O–H groups in total. The first-order valence-electron chi connectivity index (χ1n) is 7.76. The molecular formula is C15H21N5O3S. The van der Waals surface area contributed by atoms with E-state index in [-0.39, 0.29) is 23.9 Å². The summed E-state index contributed by atoms with van der Waals surface area (Å²) in [5.41, 5.74) is 0.791. The molecule has 8 nitrogen and oxygen atoms in total. The van der Waals surface area contributed by atoms with Crippen LogP contribution in [0.1, 0.15) is 19.6 Å². The van der Waals surface area contributed by atoms with Crippen LogP contribution in [-0.4, -0.2) is 56.7 Å². The highest BCUT2D eigenvalue weighted by atomic mass is 32.2. The predicted molar refractivity (Wildman–Crippen MR) is 89.9 cm³/mol. The Labute approximate surface area is 144 Å². The Hall–Kier alpha value is -2.00. The smallest absolute Gasteiger partial charge is 0.233 e. The van der Waals surface area contributed by atoms with Crippen LogP contribution in [0.4, 0.5) is 0 Å². The van der Waals surface area contributed by atoms with Crippen LogP contribution in [0.5, 0.6) is 0 Å². The summed E-state index contributed by atoms with van der Waals surface area (Å²) < 4.78 is 12.3. The zero-order valence-corrected chi connectivity index (χ0v) is 14.7. The molecule has 2 aromatic rings. The summed E-state index contributed by atoms with van der Waals surface area (Å²) >= 11 is 1.28. The molecule has 0 aromatic carbocycles. The van der Waals surface area contributed by atoms with Crippen molar-refractivity contribution in [3.05, 3.63) is 18.1 Å². The number of hydrogen-bond donors (Lipinski definition) is 1. The highest BCUT2D eigenvalue weighted by Gasteiger charge is 2.26. The summed E-state index contributed by atoms with van der Waals surface area (Å²) in [6.45, 7) is 7.00. The third-order valence-corrected chi connectivity index (χ3v) is 4.79. The Bertz CT molecular complexity index is 719. The molecule has 1 aliphatic rings. The fraction of sp³-hybridized carbons (Fsp3) is 0.533. The monoisotopic (exact) mass is 351 g/mol. The number of aromatic nitrogens is 3. The minimum absolute atomic E-state index is 0.0473. The lowest BCUT2D eigenvalue weighted by Gasteiger charge is -2.35. The molecule has 1 fully saturated rings. The Morgan fingerprint density at radius 3 is 2.71 bits per heavy atom. The maximum absolute atomic E-state index is 12.4. The first-order chi connectivity index (χ1) is 11.5. The van der Waals surface area contributed by atoms with Crippen LogP contribution in [0.2, 0.25) is 0 Å². The third-order valence-electron chi connectivity index (χ3n) is 3.86. The fourth-order valence-corrected chi connectivity index (χ4v) is 3.53. The first kappa shape index (κ1) is 16.8. The van der Waals surface area contributed by atoms with Crippen molar-refractivity contribution in [1.82, 2.24) is 19.8 Å². The SMILES string of the molecule is Cc1occc1-c1nnc(SCC(=O)N2C[C@H](C)O[C@@H](C)C2)n1N. The number of nitrogen functional groups attached to an aromatic ring is 1. The minimum atomic E-state index is 0.0473. The number of rotatable bonds is 4. The first-order valence-corrected chi connectivity index (χ1v) is 8.75. The van der Waals surface area contributed by atoms with Gasteiger partial charge in [-0.3, -0.25) is 4.79 Å². The van der Waals surface area contributed by atoms with Crippen LogP contribution in [0.15, 0.2) is 21.9 Å². The van der Waals surface area contributed by atoms with E-state index in [1.807, 2.05) is 25.7 Å². The zero-order chi connectivity index (χ0) is 17.3. The van der Waals surface area contributed by atoms with E-state index in [4.69, 9.17) is 15.0 Å². The van der Waals surface area contributed by atoms with Gasteiger partial charge in [-0.25, -0.2) is 4.68 Å². The number of morpholine rings is 1. The topological polar surface area (TPSA) is 99.4 Å². The number of amides is 1. The van der Waals surface area contributed by atoms with Gasteiger partial charge in [0.05, 0.1) is 29.8 Å². The largest absolute Gasteiger partial charge is 0.469 e. The average molecular weight is 351 g/mol. The molecule has 0 spiro atoms. The van der Waals surface area contributed by atoms with E-state index >= 15 is 0 Å². The van der Waals surface area contributed by atoms with E-state index in [0.717, 1.165) is 11.3 Å². The Morgan fingerprint density at radius 2 is 2.08 bits per heavy atom. The summed E-state index contributed by atoms with van der Waals surface area (Å²) in [7, 11) is 0. The van der Waals surface area contributed by atoms with Crippen LogP contribution in [0.3, 0.4) is 0 Å². The lowest BCUT2D eigenvalue weighted by molar-refractivity contribution is -0.140. The lowest BCUT2D eigenvalue weighted by Crippen LogP contribution is -2.48. The second-order valence-corrected chi connectivity index (χ2v) is 6.85. The summed E-state index contributed by atoms with van der Waals surface area (Å²) in [6.07, 6.45) is 1.68. The van der Waals surface area contributed by atoms with Crippen molar-refractivity contribution >= 4 is 17.7 Å². The normalized spacial score (nSPS) is 21.2. The molecule has 1 amide bonds. The molecular weight excluding hydrogens is 330 g/mol. The number of ether oxygens (including phenoxy) is 1. The molecule has 0 aliphatic carbocycles. The summed E-state index contributed by atoms with van der Waals surface area (Å²) in [6, 6.07) is 1.79. The minimum Gasteiger partial charge on any atom is -0.469 e. The van der Waals surface area contributed by atoms with E-state index in [1.54, 1.807) is 12.3 Å². The molecule has 3 rings (SSSR count). The second kappa shape index (κ2) is 6.86. The highest BCUT2D eigenvalue weighted by molar-refractivity contribution is 7.99. The van der Waals surface area contributed by atoms with E-state index in [0.29, 0.717) is 24.1 Å². The van der Waals surface area contributed by atoms with Gasteiger partial charge in [-0.05, 0) is 26.8 Å². The van der Waals surface area contributed by atoms with Gasteiger partial charge in [-0.1, -0.05) is 11.8 Å². The van der Waals surface area contributed by atoms with Crippen molar-refractivity contribution < 1.29 is 13.9 Å². The van der Waals surface area contributed by atoms with Crippen molar-refractivity contribution in [3.63, 3.8) is 0 Å². The van der Waals surface area contributed by atoms with Gasteiger partial charge >= 0.3 is 0 Å². The maximum Gasteiger partial charge on any atom is 0.233 e. The molecule has 0 saturated carbocycles. The van der Waals surface area contributed by atoms with Gasteiger partial charge in [0.25, 0.3) is 0 Å². The van der Waals surface area contributed by atoms with Crippen molar-refractivity contribution in [2.45, 2.75) is 38.1 Å². The molecule has 2 atom stereocenters. The molecule has 0 unspecified atom stereocenters. The number of carbonyl (C=O) groups is 1. The highest BCUT2D eigenvalue weighted by Crippen LogP contribution is 2.25. The molecule has 1 saturated heterocycles. The molecule has 24 heavy (non-hydrogen) atoms. The molecule has 2 aromatic heterocycles. The Morgan fingerprint density at radius 1 is 1.38 bits per heavy atom. The molecule has 0 radical (unpaired) electrons. The molecule has 1 aliphatic heterocycles.